The van der Waals surface area contributed by atoms with Crippen molar-refractivity contribution in [3.8, 4) is 0 Å². The number of hydrogen-bond donors (Lipinski definition) is 1. The molecule has 2 rings (SSSR count). The molecular formula is C10H11F2NO. The van der Waals surface area contributed by atoms with E-state index in [4.69, 9.17) is 10.5 Å². The molecule has 1 fully saturated rings. The van der Waals surface area contributed by atoms with E-state index in [1.807, 2.05) is 0 Å². The monoisotopic (exact) mass is 199 g/mol. The van der Waals surface area contributed by atoms with Gasteiger partial charge in [-0.1, -0.05) is 0 Å². The fourth-order valence-corrected chi connectivity index (χ4v) is 1.44. The number of nitrogens with two attached hydrogens (primary N) is 1. The second-order valence-electron chi connectivity index (χ2n) is 3.52. The standard InChI is InChI=1S/C10H11F2NO/c11-7-1-6(2-8(12)4-7)3-9(13)10-5-14-10/h1-2,4,9-10H,3,5,13H2/t9-,10?/m0/s1. The van der Waals surface area contributed by atoms with Crippen LogP contribution < -0.4 is 5.73 Å². The summed E-state index contributed by atoms with van der Waals surface area (Å²) in [6, 6.07) is 3.27. The van der Waals surface area contributed by atoms with Crippen LogP contribution >= 0.6 is 0 Å². The third-order valence-electron chi connectivity index (χ3n) is 2.23. The maximum Gasteiger partial charge on any atom is 0.126 e. The number of rotatable bonds is 3. The van der Waals surface area contributed by atoms with Crippen LogP contribution in [-0.4, -0.2) is 18.8 Å². The van der Waals surface area contributed by atoms with Crippen molar-refractivity contribution < 1.29 is 13.5 Å². The summed E-state index contributed by atoms with van der Waals surface area (Å²) >= 11 is 0. The fraction of sp³-hybridized carbons (Fsp3) is 0.400. The fourth-order valence-electron chi connectivity index (χ4n) is 1.44. The molecule has 1 aliphatic rings. The van der Waals surface area contributed by atoms with Gasteiger partial charge in [-0.15, -0.1) is 0 Å². The summed E-state index contributed by atoms with van der Waals surface area (Å²) in [5.41, 5.74) is 6.32. The van der Waals surface area contributed by atoms with Crippen molar-refractivity contribution in [1.29, 1.82) is 0 Å². The van der Waals surface area contributed by atoms with Crippen LogP contribution in [0.15, 0.2) is 18.2 Å². The van der Waals surface area contributed by atoms with Crippen LogP contribution in [0.2, 0.25) is 0 Å². The minimum atomic E-state index is -0.566. The van der Waals surface area contributed by atoms with Crippen LogP contribution in [0.4, 0.5) is 8.78 Å². The van der Waals surface area contributed by atoms with E-state index in [0.29, 0.717) is 18.6 Å². The smallest absolute Gasteiger partial charge is 0.126 e. The Morgan fingerprint density at radius 1 is 1.36 bits per heavy atom. The molecule has 76 valence electrons. The second kappa shape index (κ2) is 3.63. The maximum atomic E-state index is 12.8. The molecule has 0 aromatic heterocycles. The van der Waals surface area contributed by atoms with Crippen molar-refractivity contribution >= 4 is 0 Å². The van der Waals surface area contributed by atoms with Gasteiger partial charge in [0.25, 0.3) is 0 Å². The summed E-state index contributed by atoms with van der Waals surface area (Å²) in [4.78, 5) is 0. The molecular weight excluding hydrogens is 188 g/mol. The van der Waals surface area contributed by atoms with Crippen molar-refractivity contribution in [3.63, 3.8) is 0 Å². The van der Waals surface area contributed by atoms with Crippen molar-refractivity contribution in [2.24, 2.45) is 5.73 Å². The first-order chi connectivity index (χ1) is 6.65. The van der Waals surface area contributed by atoms with Crippen molar-refractivity contribution in [2.45, 2.75) is 18.6 Å². The van der Waals surface area contributed by atoms with Crippen LogP contribution in [0.25, 0.3) is 0 Å². The predicted octanol–water partition coefficient (Wildman–Crippen LogP) is 1.23. The molecule has 0 aliphatic carbocycles. The van der Waals surface area contributed by atoms with Gasteiger partial charge in [0.2, 0.25) is 0 Å². The van der Waals surface area contributed by atoms with E-state index >= 15 is 0 Å². The average Bonchev–Trinajstić information content (AvgIpc) is 2.82. The molecule has 0 radical (unpaired) electrons. The zero-order valence-corrected chi connectivity index (χ0v) is 7.54. The molecule has 2 atom stereocenters. The predicted molar refractivity (Wildman–Crippen MR) is 47.8 cm³/mol. The quantitative estimate of drug-likeness (QED) is 0.743. The summed E-state index contributed by atoms with van der Waals surface area (Å²) in [5, 5.41) is 0. The molecule has 0 bridgehead atoms. The Morgan fingerprint density at radius 3 is 2.43 bits per heavy atom. The first-order valence-electron chi connectivity index (χ1n) is 4.47. The Balaban J connectivity index is 2.07. The lowest BCUT2D eigenvalue weighted by molar-refractivity contribution is 0.371. The minimum Gasteiger partial charge on any atom is -0.371 e. The molecule has 1 heterocycles. The highest BCUT2D eigenvalue weighted by Gasteiger charge is 2.29. The molecule has 1 aliphatic heterocycles. The van der Waals surface area contributed by atoms with E-state index in [2.05, 4.69) is 0 Å². The van der Waals surface area contributed by atoms with Gasteiger partial charge in [0.15, 0.2) is 0 Å². The summed E-state index contributed by atoms with van der Waals surface area (Å²) < 4.78 is 30.6. The molecule has 1 saturated heterocycles. The molecule has 1 aromatic carbocycles. The molecule has 2 nitrogen and oxygen atoms in total. The zero-order valence-electron chi connectivity index (χ0n) is 7.54. The van der Waals surface area contributed by atoms with Crippen LogP contribution in [0, 0.1) is 11.6 Å². The van der Waals surface area contributed by atoms with Crippen LogP contribution in [0.3, 0.4) is 0 Å². The van der Waals surface area contributed by atoms with E-state index in [1.165, 1.54) is 12.1 Å². The Kier molecular flexibility index (Phi) is 2.48. The van der Waals surface area contributed by atoms with E-state index in [9.17, 15) is 8.78 Å². The Morgan fingerprint density at radius 2 is 1.93 bits per heavy atom. The largest absolute Gasteiger partial charge is 0.371 e. The van der Waals surface area contributed by atoms with Gasteiger partial charge < -0.3 is 10.5 Å². The highest BCUT2D eigenvalue weighted by molar-refractivity contribution is 5.19. The highest BCUT2D eigenvalue weighted by Crippen LogP contribution is 2.17. The number of hydrogen-bond acceptors (Lipinski definition) is 2. The summed E-state index contributed by atoms with van der Waals surface area (Å²) in [5.74, 6) is -1.13. The maximum absolute atomic E-state index is 12.8. The topological polar surface area (TPSA) is 38.5 Å². The number of ether oxygens (including phenoxy) is 1. The van der Waals surface area contributed by atoms with Gasteiger partial charge in [0.05, 0.1) is 12.7 Å². The third kappa shape index (κ3) is 2.27. The molecule has 1 aromatic rings. The SMILES string of the molecule is N[C@@H](Cc1cc(F)cc(F)c1)C1CO1. The molecule has 14 heavy (non-hydrogen) atoms. The third-order valence-corrected chi connectivity index (χ3v) is 2.23. The number of halogens is 2. The van der Waals surface area contributed by atoms with E-state index in [0.717, 1.165) is 6.07 Å². The Hall–Kier alpha value is -1.00. The van der Waals surface area contributed by atoms with Gasteiger partial charge in [-0.05, 0) is 24.1 Å². The van der Waals surface area contributed by atoms with E-state index in [1.54, 1.807) is 0 Å². The molecule has 1 unspecified atom stereocenters. The highest BCUT2D eigenvalue weighted by atomic mass is 19.1. The van der Waals surface area contributed by atoms with Crippen LogP contribution in [0.1, 0.15) is 5.56 Å². The van der Waals surface area contributed by atoms with Gasteiger partial charge in [0.1, 0.15) is 11.6 Å². The Bertz CT molecular complexity index is 319. The van der Waals surface area contributed by atoms with Gasteiger partial charge in [-0.3, -0.25) is 0 Å². The lowest BCUT2D eigenvalue weighted by Crippen LogP contribution is -2.29. The molecule has 0 spiro atoms. The van der Waals surface area contributed by atoms with Crippen molar-refractivity contribution in [1.82, 2.24) is 0 Å². The molecule has 0 amide bonds. The first-order valence-corrected chi connectivity index (χ1v) is 4.47. The van der Waals surface area contributed by atoms with Crippen molar-refractivity contribution in [3.05, 3.63) is 35.4 Å². The van der Waals surface area contributed by atoms with Crippen LogP contribution in [-0.2, 0) is 11.2 Å². The normalized spacial score (nSPS) is 22.1. The van der Waals surface area contributed by atoms with Gasteiger partial charge >= 0.3 is 0 Å². The number of benzene rings is 1. The average molecular weight is 199 g/mol. The second-order valence-corrected chi connectivity index (χ2v) is 3.52. The summed E-state index contributed by atoms with van der Waals surface area (Å²) in [6.45, 7) is 0.652. The summed E-state index contributed by atoms with van der Waals surface area (Å²) in [7, 11) is 0. The zero-order chi connectivity index (χ0) is 10.1. The first kappa shape index (κ1) is 9.55. The van der Waals surface area contributed by atoms with Crippen LogP contribution in [0.5, 0.6) is 0 Å². The van der Waals surface area contributed by atoms with Crippen molar-refractivity contribution in [2.75, 3.05) is 6.61 Å². The molecule has 2 N–H and O–H groups in total. The number of epoxide rings is 1. The summed E-state index contributed by atoms with van der Waals surface area (Å²) in [6.07, 6.45) is 0.501. The lowest BCUT2D eigenvalue weighted by atomic mass is 10.0. The van der Waals surface area contributed by atoms with Gasteiger partial charge in [-0.25, -0.2) is 8.78 Å². The van der Waals surface area contributed by atoms with E-state index < -0.39 is 11.6 Å². The van der Waals surface area contributed by atoms with Gasteiger partial charge in [0, 0.05) is 12.1 Å². The molecule has 4 heteroatoms. The lowest BCUT2D eigenvalue weighted by Gasteiger charge is -2.08. The van der Waals surface area contributed by atoms with Gasteiger partial charge in [-0.2, -0.15) is 0 Å². The van der Waals surface area contributed by atoms with E-state index in [-0.39, 0.29) is 12.1 Å². The molecule has 0 saturated carbocycles. The Labute approximate surface area is 80.7 Å². The minimum absolute atomic E-state index is 0.0568.